The van der Waals surface area contributed by atoms with Gasteiger partial charge in [0.15, 0.2) is 6.29 Å². The summed E-state index contributed by atoms with van der Waals surface area (Å²) in [5, 5.41) is 9.54. The van der Waals surface area contributed by atoms with E-state index in [1.54, 1.807) is 0 Å². The second kappa shape index (κ2) is 1.97. The maximum Gasteiger partial charge on any atom is 0.161 e. The van der Waals surface area contributed by atoms with E-state index in [2.05, 4.69) is 0 Å². The molecule has 2 heterocycles. The van der Waals surface area contributed by atoms with Crippen molar-refractivity contribution in [1.82, 2.24) is 0 Å². The average Bonchev–Trinajstić information content (AvgIpc) is 2.46. The van der Waals surface area contributed by atoms with Crippen molar-refractivity contribution in [3.63, 3.8) is 0 Å². The van der Waals surface area contributed by atoms with Gasteiger partial charge in [-0.2, -0.15) is 0 Å². The number of rotatable bonds is 0. The summed E-state index contributed by atoms with van der Waals surface area (Å²) in [5.41, 5.74) is 0. The number of hydrogen-bond donors (Lipinski definition) is 1. The number of hydrogen-bond acceptors (Lipinski definition) is 3. The predicted molar refractivity (Wildman–Crippen MR) is 36.8 cm³/mol. The SMILES string of the molecule is O[C@H]1C[C@H]2CO[C@H]3OC1C[C@@H]23. The molecule has 3 aliphatic rings. The fraction of sp³-hybridized carbons (Fsp3) is 1.00. The van der Waals surface area contributed by atoms with Crippen molar-refractivity contribution in [1.29, 1.82) is 0 Å². The van der Waals surface area contributed by atoms with Crippen LogP contribution >= 0.6 is 0 Å². The van der Waals surface area contributed by atoms with Gasteiger partial charge in [-0.15, -0.1) is 0 Å². The van der Waals surface area contributed by atoms with Crippen LogP contribution in [-0.2, 0) is 9.47 Å². The van der Waals surface area contributed by atoms with Gasteiger partial charge in [-0.05, 0) is 18.8 Å². The van der Waals surface area contributed by atoms with Crippen molar-refractivity contribution in [2.24, 2.45) is 11.8 Å². The van der Waals surface area contributed by atoms with E-state index in [0.717, 1.165) is 19.4 Å². The van der Waals surface area contributed by atoms with Gasteiger partial charge in [0.2, 0.25) is 0 Å². The first kappa shape index (κ1) is 6.40. The third kappa shape index (κ3) is 0.736. The number of aliphatic hydroxyl groups excluding tert-OH is 1. The summed E-state index contributed by atoms with van der Waals surface area (Å²) in [6, 6.07) is 0. The Hall–Kier alpha value is -0.120. The van der Waals surface area contributed by atoms with Crippen LogP contribution in [0.25, 0.3) is 0 Å². The third-order valence-corrected chi connectivity index (χ3v) is 3.22. The predicted octanol–water partition coefficient (Wildman–Crippen LogP) is 0.129. The van der Waals surface area contributed by atoms with Gasteiger partial charge in [0.1, 0.15) is 0 Å². The molecule has 0 radical (unpaired) electrons. The number of ether oxygens (including phenoxy) is 2. The van der Waals surface area contributed by atoms with E-state index in [-0.39, 0.29) is 18.5 Å². The first-order chi connectivity index (χ1) is 5.34. The van der Waals surface area contributed by atoms with Crippen molar-refractivity contribution in [3.05, 3.63) is 0 Å². The molecule has 0 aromatic heterocycles. The molecule has 0 aromatic rings. The summed E-state index contributed by atoms with van der Waals surface area (Å²) in [5.74, 6) is 1.15. The molecule has 3 heteroatoms. The molecule has 0 spiro atoms. The highest BCUT2D eigenvalue weighted by atomic mass is 16.7. The summed E-state index contributed by atoms with van der Waals surface area (Å²) in [6.07, 6.45) is 1.75. The maximum atomic E-state index is 9.54. The Balaban J connectivity index is 1.92. The molecule has 3 rings (SSSR count). The van der Waals surface area contributed by atoms with E-state index >= 15 is 0 Å². The molecule has 1 saturated carbocycles. The summed E-state index contributed by atoms with van der Waals surface area (Å²) < 4.78 is 10.9. The first-order valence-electron chi connectivity index (χ1n) is 4.30. The fourth-order valence-corrected chi connectivity index (χ4v) is 2.58. The van der Waals surface area contributed by atoms with Crippen molar-refractivity contribution in [2.75, 3.05) is 6.61 Å². The number of fused-ring (bicyclic) bond motifs is 1. The van der Waals surface area contributed by atoms with E-state index < -0.39 is 0 Å². The molecular weight excluding hydrogens is 144 g/mol. The lowest BCUT2D eigenvalue weighted by Gasteiger charge is -2.27. The molecule has 1 aliphatic carbocycles. The van der Waals surface area contributed by atoms with Crippen LogP contribution in [0.2, 0.25) is 0 Å². The Morgan fingerprint density at radius 2 is 2.18 bits per heavy atom. The Bertz CT molecular complexity index is 180. The van der Waals surface area contributed by atoms with Crippen LogP contribution in [0, 0.1) is 11.8 Å². The van der Waals surface area contributed by atoms with Crippen LogP contribution in [0.5, 0.6) is 0 Å². The largest absolute Gasteiger partial charge is 0.390 e. The van der Waals surface area contributed by atoms with E-state index in [9.17, 15) is 5.11 Å². The molecule has 3 nitrogen and oxygen atoms in total. The van der Waals surface area contributed by atoms with Gasteiger partial charge in [-0.1, -0.05) is 0 Å². The Kier molecular flexibility index (Phi) is 1.15. The minimum Gasteiger partial charge on any atom is -0.390 e. The van der Waals surface area contributed by atoms with Crippen LogP contribution in [-0.4, -0.2) is 30.2 Å². The molecular formula is C8H12O3. The molecule has 1 N–H and O–H groups in total. The van der Waals surface area contributed by atoms with Crippen LogP contribution in [0.3, 0.4) is 0 Å². The van der Waals surface area contributed by atoms with Gasteiger partial charge in [-0.25, -0.2) is 0 Å². The Morgan fingerprint density at radius 1 is 1.27 bits per heavy atom. The van der Waals surface area contributed by atoms with Gasteiger partial charge in [0.05, 0.1) is 18.8 Å². The van der Waals surface area contributed by atoms with Gasteiger partial charge >= 0.3 is 0 Å². The van der Waals surface area contributed by atoms with Crippen molar-refractivity contribution in [3.8, 4) is 0 Å². The van der Waals surface area contributed by atoms with E-state index in [1.165, 1.54) is 0 Å². The van der Waals surface area contributed by atoms with Crippen LogP contribution < -0.4 is 0 Å². The standard InChI is InChI=1S/C8H12O3/c9-6-1-4-3-10-8-5(4)2-7(6)11-8/h4-9H,1-3H2/t4-,5-,6-,7?,8-/m0/s1. The Morgan fingerprint density at radius 3 is 3.09 bits per heavy atom. The monoisotopic (exact) mass is 156 g/mol. The summed E-state index contributed by atoms with van der Waals surface area (Å²) in [6.45, 7) is 0.791. The highest BCUT2D eigenvalue weighted by Crippen LogP contribution is 2.46. The van der Waals surface area contributed by atoms with E-state index in [0.29, 0.717) is 11.8 Å². The minimum atomic E-state index is -0.231. The quantitative estimate of drug-likeness (QED) is 0.541. The van der Waals surface area contributed by atoms with Gasteiger partial charge in [0, 0.05) is 5.92 Å². The highest BCUT2D eigenvalue weighted by Gasteiger charge is 2.52. The zero-order valence-corrected chi connectivity index (χ0v) is 6.27. The molecule has 62 valence electrons. The molecule has 11 heavy (non-hydrogen) atoms. The first-order valence-corrected chi connectivity index (χ1v) is 4.30. The molecule has 2 aliphatic heterocycles. The maximum absolute atomic E-state index is 9.54. The van der Waals surface area contributed by atoms with Crippen LogP contribution in [0.1, 0.15) is 12.8 Å². The number of aliphatic hydroxyl groups is 1. The summed E-state index contributed by atoms with van der Waals surface area (Å²) in [4.78, 5) is 0. The zero-order valence-electron chi connectivity index (χ0n) is 6.27. The molecule has 2 bridgehead atoms. The highest BCUT2D eigenvalue weighted by molar-refractivity contribution is 4.96. The van der Waals surface area contributed by atoms with Gasteiger partial charge < -0.3 is 14.6 Å². The molecule has 1 unspecified atom stereocenters. The lowest BCUT2D eigenvalue weighted by molar-refractivity contribution is -0.146. The molecule has 5 atom stereocenters. The van der Waals surface area contributed by atoms with E-state index in [1.807, 2.05) is 0 Å². The molecule has 0 aromatic carbocycles. The van der Waals surface area contributed by atoms with Crippen LogP contribution in [0.4, 0.5) is 0 Å². The smallest absolute Gasteiger partial charge is 0.161 e. The van der Waals surface area contributed by atoms with Crippen LogP contribution in [0.15, 0.2) is 0 Å². The normalized spacial score (nSPS) is 60.3. The third-order valence-electron chi connectivity index (χ3n) is 3.22. The summed E-state index contributed by atoms with van der Waals surface area (Å²) >= 11 is 0. The van der Waals surface area contributed by atoms with Crippen molar-refractivity contribution < 1.29 is 14.6 Å². The topological polar surface area (TPSA) is 38.7 Å². The van der Waals surface area contributed by atoms with Gasteiger partial charge in [-0.3, -0.25) is 0 Å². The fourth-order valence-electron chi connectivity index (χ4n) is 2.58. The lowest BCUT2D eigenvalue weighted by atomic mass is 9.80. The van der Waals surface area contributed by atoms with Gasteiger partial charge in [0.25, 0.3) is 0 Å². The van der Waals surface area contributed by atoms with Crippen molar-refractivity contribution in [2.45, 2.75) is 31.3 Å². The summed E-state index contributed by atoms with van der Waals surface area (Å²) in [7, 11) is 0. The second-order valence-electron chi connectivity index (χ2n) is 3.84. The van der Waals surface area contributed by atoms with E-state index in [4.69, 9.17) is 9.47 Å². The minimum absolute atomic E-state index is 0.0159. The Labute approximate surface area is 65.3 Å². The van der Waals surface area contributed by atoms with Crippen molar-refractivity contribution >= 4 is 0 Å². The average molecular weight is 156 g/mol. The molecule has 3 fully saturated rings. The second-order valence-corrected chi connectivity index (χ2v) is 3.84. The molecule has 0 amide bonds. The lowest BCUT2D eigenvalue weighted by Crippen LogP contribution is -2.34. The zero-order chi connectivity index (χ0) is 7.42. The molecule has 2 saturated heterocycles.